The summed E-state index contributed by atoms with van der Waals surface area (Å²) in [6.07, 6.45) is 0.463. The Bertz CT molecular complexity index is 584. The lowest BCUT2D eigenvalue weighted by Crippen LogP contribution is -2.29. The average molecular weight is 267 g/mol. The van der Waals surface area contributed by atoms with Crippen LogP contribution in [0.4, 0.5) is 5.69 Å². The van der Waals surface area contributed by atoms with Crippen molar-refractivity contribution < 1.29 is 9.53 Å². The highest BCUT2D eigenvalue weighted by atomic mass is 16.5. The van der Waals surface area contributed by atoms with Gasteiger partial charge in [0.2, 0.25) is 0 Å². The predicted molar refractivity (Wildman–Crippen MR) is 78.5 cm³/mol. The quantitative estimate of drug-likeness (QED) is 0.867. The van der Waals surface area contributed by atoms with Crippen LogP contribution >= 0.6 is 0 Å². The van der Waals surface area contributed by atoms with E-state index < -0.39 is 0 Å². The van der Waals surface area contributed by atoms with Gasteiger partial charge in [-0.05, 0) is 24.1 Å². The maximum atomic E-state index is 12.2. The lowest BCUT2D eigenvalue weighted by atomic mass is 10.1. The van der Waals surface area contributed by atoms with Crippen LogP contribution < -0.4 is 5.32 Å². The fraction of sp³-hybridized carbons (Fsp3) is 0.235. The topological polar surface area (TPSA) is 38.3 Å². The highest BCUT2D eigenvalue weighted by molar-refractivity contribution is 5.83. The monoisotopic (exact) mass is 267 g/mol. The standard InChI is InChI=1S/C17H17NO2/c1-12(13-7-3-2-4-8-13)20-17(19)16-11-14-9-5-6-10-15(14)18-16/h2-10,12,16,18H,11H2,1H3/t12?,16-/m0/s1. The molecule has 0 fully saturated rings. The molecule has 0 amide bonds. The van der Waals surface area contributed by atoms with E-state index in [-0.39, 0.29) is 18.1 Å². The summed E-state index contributed by atoms with van der Waals surface area (Å²) >= 11 is 0. The fourth-order valence-electron chi connectivity index (χ4n) is 2.49. The molecule has 0 aliphatic carbocycles. The van der Waals surface area contributed by atoms with Crippen molar-refractivity contribution in [1.29, 1.82) is 0 Å². The van der Waals surface area contributed by atoms with Crippen LogP contribution in [0.25, 0.3) is 0 Å². The number of hydrogen-bond donors (Lipinski definition) is 1. The number of carbonyl (C=O) groups is 1. The Hall–Kier alpha value is -2.29. The minimum atomic E-state index is -0.279. The molecule has 2 atom stereocenters. The minimum absolute atomic E-state index is 0.197. The van der Waals surface area contributed by atoms with Crippen molar-refractivity contribution in [2.75, 3.05) is 5.32 Å². The number of benzene rings is 2. The van der Waals surface area contributed by atoms with Crippen LogP contribution in [-0.4, -0.2) is 12.0 Å². The molecule has 3 rings (SSSR count). The fourth-order valence-corrected chi connectivity index (χ4v) is 2.49. The minimum Gasteiger partial charge on any atom is -0.456 e. The van der Waals surface area contributed by atoms with Crippen LogP contribution in [0, 0.1) is 0 Å². The van der Waals surface area contributed by atoms with Crippen molar-refractivity contribution >= 4 is 11.7 Å². The first-order valence-corrected chi connectivity index (χ1v) is 6.84. The summed E-state index contributed by atoms with van der Waals surface area (Å²) in [7, 11) is 0. The Balaban J connectivity index is 1.64. The Kier molecular flexibility index (Phi) is 3.42. The van der Waals surface area contributed by atoms with Gasteiger partial charge in [-0.3, -0.25) is 0 Å². The molecule has 3 nitrogen and oxygen atoms in total. The van der Waals surface area contributed by atoms with Gasteiger partial charge in [-0.25, -0.2) is 4.79 Å². The number of esters is 1. The molecule has 20 heavy (non-hydrogen) atoms. The molecule has 102 valence electrons. The van der Waals surface area contributed by atoms with Crippen LogP contribution in [0.3, 0.4) is 0 Å². The summed E-state index contributed by atoms with van der Waals surface area (Å²) in [6, 6.07) is 17.5. The van der Waals surface area contributed by atoms with Gasteiger partial charge in [-0.15, -0.1) is 0 Å². The lowest BCUT2D eigenvalue weighted by Gasteiger charge is -2.17. The van der Waals surface area contributed by atoms with Crippen LogP contribution in [0.5, 0.6) is 0 Å². The van der Waals surface area contributed by atoms with Crippen LogP contribution in [0.1, 0.15) is 24.2 Å². The predicted octanol–water partition coefficient (Wildman–Crippen LogP) is 3.33. The number of carbonyl (C=O) groups excluding carboxylic acids is 1. The molecular formula is C17H17NO2. The summed E-state index contributed by atoms with van der Waals surface area (Å²) < 4.78 is 5.55. The first-order chi connectivity index (χ1) is 9.74. The first kappa shape index (κ1) is 12.7. The number of fused-ring (bicyclic) bond motifs is 1. The molecule has 0 aromatic heterocycles. The van der Waals surface area contributed by atoms with Crippen molar-refractivity contribution in [3.8, 4) is 0 Å². The second-order valence-electron chi connectivity index (χ2n) is 5.05. The number of para-hydroxylation sites is 1. The Morgan fingerprint density at radius 3 is 2.60 bits per heavy atom. The van der Waals surface area contributed by atoms with E-state index in [1.807, 2.05) is 61.5 Å². The van der Waals surface area contributed by atoms with E-state index in [0.29, 0.717) is 6.42 Å². The van der Waals surface area contributed by atoms with Gasteiger partial charge in [0.05, 0.1) is 0 Å². The number of rotatable bonds is 3. The van der Waals surface area contributed by atoms with Gasteiger partial charge in [-0.1, -0.05) is 48.5 Å². The molecule has 1 unspecified atom stereocenters. The molecule has 3 heteroatoms. The van der Waals surface area contributed by atoms with Crippen molar-refractivity contribution in [2.45, 2.75) is 25.5 Å². The van der Waals surface area contributed by atoms with Gasteiger partial charge in [0.1, 0.15) is 12.1 Å². The van der Waals surface area contributed by atoms with Crippen LogP contribution in [0.2, 0.25) is 0 Å². The van der Waals surface area contributed by atoms with E-state index in [9.17, 15) is 4.79 Å². The smallest absolute Gasteiger partial charge is 0.329 e. The van der Waals surface area contributed by atoms with Crippen LogP contribution in [0.15, 0.2) is 54.6 Å². The zero-order valence-corrected chi connectivity index (χ0v) is 11.4. The van der Waals surface area contributed by atoms with E-state index in [0.717, 1.165) is 11.3 Å². The molecule has 1 heterocycles. The molecule has 1 aliphatic rings. The SMILES string of the molecule is CC(OC(=O)[C@@H]1Cc2ccccc2N1)c1ccccc1. The highest BCUT2D eigenvalue weighted by Crippen LogP contribution is 2.27. The Morgan fingerprint density at radius 1 is 1.15 bits per heavy atom. The summed E-state index contributed by atoms with van der Waals surface area (Å²) in [5, 5.41) is 3.22. The van der Waals surface area contributed by atoms with Gasteiger partial charge < -0.3 is 10.1 Å². The van der Waals surface area contributed by atoms with E-state index in [1.54, 1.807) is 0 Å². The molecule has 0 saturated carbocycles. The average Bonchev–Trinajstić information content (AvgIpc) is 2.92. The second kappa shape index (κ2) is 5.37. The lowest BCUT2D eigenvalue weighted by molar-refractivity contribution is -0.149. The normalized spacial score (nSPS) is 17.9. The zero-order chi connectivity index (χ0) is 13.9. The molecule has 0 spiro atoms. The first-order valence-electron chi connectivity index (χ1n) is 6.84. The number of nitrogens with one attached hydrogen (secondary N) is 1. The summed E-state index contributed by atoms with van der Waals surface area (Å²) in [4.78, 5) is 12.2. The van der Waals surface area contributed by atoms with Crippen molar-refractivity contribution in [1.82, 2.24) is 0 Å². The summed E-state index contributed by atoms with van der Waals surface area (Å²) in [5.74, 6) is -0.197. The molecule has 0 radical (unpaired) electrons. The number of hydrogen-bond acceptors (Lipinski definition) is 3. The van der Waals surface area contributed by atoms with Crippen molar-refractivity contribution in [3.05, 3.63) is 65.7 Å². The summed E-state index contributed by atoms with van der Waals surface area (Å²) in [5.41, 5.74) is 3.21. The van der Waals surface area contributed by atoms with E-state index >= 15 is 0 Å². The molecule has 2 aromatic carbocycles. The molecule has 1 aliphatic heterocycles. The maximum Gasteiger partial charge on any atom is 0.329 e. The van der Waals surface area contributed by atoms with E-state index in [4.69, 9.17) is 4.74 Å². The number of anilines is 1. The third-order valence-electron chi connectivity index (χ3n) is 3.62. The summed E-state index contributed by atoms with van der Waals surface area (Å²) in [6.45, 7) is 1.90. The Morgan fingerprint density at radius 2 is 1.85 bits per heavy atom. The zero-order valence-electron chi connectivity index (χ0n) is 11.4. The molecule has 2 aromatic rings. The second-order valence-corrected chi connectivity index (χ2v) is 5.05. The third kappa shape index (κ3) is 2.52. The van der Waals surface area contributed by atoms with Crippen molar-refractivity contribution in [2.24, 2.45) is 0 Å². The maximum absolute atomic E-state index is 12.2. The van der Waals surface area contributed by atoms with Gasteiger partial charge in [0.15, 0.2) is 0 Å². The van der Waals surface area contributed by atoms with Gasteiger partial charge in [0, 0.05) is 12.1 Å². The highest BCUT2D eigenvalue weighted by Gasteiger charge is 2.28. The van der Waals surface area contributed by atoms with Gasteiger partial charge in [0.25, 0.3) is 0 Å². The van der Waals surface area contributed by atoms with Crippen molar-refractivity contribution in [3.63, 3.8) is 0 Å². The van der Waals surface area contributed by atoms with Gasteiger partial charge in [-0.2, -0.15) is 0 Å². The largest absolute Gasteiger partial charge is 0.456 e. The van der Waals surface area contributed by atoms with E-state index in [1.165, 1.54) is 5.56 Å². The molecule has 0 bridgehead atoms. The third-order valence-corrected chi connectivity index (χ3v) is 3.62. The van der Waals surface area contributed by atoms with Gasteiger partial charge >= 0.3 is 5.97 Å². The molecule has 0 saturated heterocycles. The molecular weight excluding hydrogens is 250 g/mol. The van der Waals surface area contributed by atoms with E-state index in [2.05, 4.69) is 5.32 Å². The Labute approximate surface area is 118 Å². The number of ether oxygens (including phenoxy) is 1. The van der Waals surface area contributed by atoms with Crippen LogP contribution in [-0.2, 0) is 16.0 Å². The molecule has 1 N–H and O–H groups in total.